The summed E-state index contributed by atoms with van der Waals surface area (Å²) in [5, 5.41) is 0.958. The molecule has 5 heteroatoms. The molecule has 0 amide bonds. The summed E-state index contributed by atoms with van der Waals surface area (Å²) < 4.78 is 1.98. The second kappa shape index (κ2) is 5.33. The summed E-state index contributed by atoms with van der Waals surface area (Å²) in [6.45, 7) is 2.06. The van der Waals surface area contributed by atoms with Gasteiger partial charge in [-0.15, -0.1) is 0 Å². The second-order valence-corrected chi connectivity index (χ2v) is 4.90. The van der Waals surface area contributed by atoms with Crippen LogP contribution in [0.25, 0.3) is 0 Å². The van der Waals surface area contributed by atoms with Gasteiger partial charge in [-0.1, -0.05) is 18.7 Å². The number of hydrogen-bond acceptors (Lipinski definition) is 4. The zero-order valence-electron chi connectivity index (χ0n) is 10.00. The Bertz CT molecular complexity index is 478. The minimum Gasteiger partial charge on any atom is -0.329 e. The predicted molar refractivity (Wildman–Crippen MR) is 68.8 cm³/mol. The molecule has 0 fully saturated rings. The molecule has 2 N–H and O–H groups in total. The minimum absolute atomic E-state index is 0.0298. The lowest BCUT2D eigenvalue weighted by Gasteiger charge is -2.08. The van der Waals surface area contributed by atoms with E-state index in [0.717, 1.165) is 22.2 Å². The standard InChI is InChI=1S/C12H16N4S/c1-3-10(13)11-5-4-9(8-15-11)17-12-14-6-7-16(12)2/h4-8,10H,3,13H2,1-2H3/t10-/m1/s1. The first kappa shape index (κ1) is 12.1. The van der Waals surface area contributed by atoms with Crippen LogP contribution in [0.5, 0.6) is 0 Å². The maximum Gasteiger partial charge on any atom is 0.172 e. The first-order valence-electron chi connectivity index (χ1n) is 5.57. The lowest BCUT2D eigenvalue weighted by molar-refractivity contribution is 0.674. The van der Waals surface area contributed by atoms with Crippen LogP contribution in [-0.2, 0) is 7.05 Å². The first-order valence-corrected chi connectivity index (χ1v) is 6.39. The summed E-state index contributed by atoms with van der Waals surface area (Å²) in [5.41, 5.74) is 6.86. The third-order valence-corrected chi connectivity index (χ3v) is 3.62. The van der Waals surface area contributed by atoms with Gasteiger partial charge in [-0.3, -0.25) is 4.98 Å². The molecule has 2 heterocycles. The van der Waals surface area contributed by atoms with Crippen molar-refractivity contribution < 1.29 is 0 Å². The van der Waals surface area contributed by atoms with E-state index in [1.807, 2.05) is 36.1 Å². The van der Waals surface area contributed by atoms with Crippen molar-refractivity contribution in [3.63, 3.8) is 0 Å². The first-order chi connectivity index (χ1) is 8.20. The Morgan fingerprint density at radius 2 is 2.24 bits per heavy atom. The molecule has 2 rings (SSSR count). The number of rotatable bonds is 4. The average Bonchev–Trinajstić information content (AvgIpc) is 2.75. The molecule has 0 radical (unpaired) electrons. The van der Waals surface area contributed by atoms with E-state index in [1.165, 1.54) is 0 Å². The van der Waals surface area contributed by atoms with E-state index in [0.29, 0.717) is 0 Å². The minimum atomic E-state index is 0.0298. The molecule has 0 bridgehead atoms. The van der Waals surface area contributed by atoms with Crippen molar-refractivity contribution in [3.8, 4) is 0 Å². The van der Waals surface area contributed by atoms with Gasteiger partial charge in [0.15, 0.2) is 5.16 Å². The Morgan fingerprint density at radius 1 is 1.41 bits per heavy atom. The van der Waals surface area contributed by atoms with Crippen molar-refractivity contribution in [2.75, 3.05) is 0 Å². The lowest BCUT2D eigenvalue weighted by atomic mass is 10.1. The molecule has 0 aliphatic carbocycles. The molecular formula is C12H16N4S. The summed E-state index contributed by atoms with van der Waals surface area (Å²) >= 11 is 1.60. The molecule has 2 aromatic rings. The molecule has 17 heavy (non-hydrogen) atoms. The molecule has 0 aliphatic heterocycles. The van der Waals surface area contributed by atoms with Gasteiger partial charge >= 0.3 is 0 Å². The second-order valence-electron chi connectivity index (χ2n) is 3.86. The highest BCUT2D eigenvalue weighted by Crippen LogP contribution is 2.25. The fraction of sp³-hybridized carbons (Fsp3) is 0.333. The molecule has 1 atom stereocenters. The molecule has 0 spiro atoms. The molecule has 0 unspecified atom stereocenters. The summed E-state index contributed by atoms with van der Waals surface area (Å²) in [5.74, 6) is 0. The number of nitrogens with two attached hydrogens (primary N) is 1. The summed E-state index contributed by atoms with van der Waals surface area (Å²) in [6.07, 6.45) is 6.47. The van der Waals surface area contributed by atoms with Gasteiger partial charge in [0.25, 0.3) is 0 Å². The van der Waals surface area contributed by atoms with Crippen LogP contribution in [0.2, 0.25) is 0 Å². The molecule has 0 aromatic carbocycles. The van der Waals surface area contributed by atoms with Gasteiger partial charge < -0.3 is 10.3 Å². The topological polar surface area (TPSA) is 56.7 Å². The van der Waals surface area contributed by atoms with Gasteiger partial charge in [0.05, 0.1) is 5.69 Å². The van der Waals surface area contributed by atoms with Crippen LogP contribution in [-0.4, -0.2) is 14.5 Å². The molecule has 0 saturated heterocycles. The van der Waals surface area contributed by atoms with Gasteiger partial charge in [0, 0.05) is 36.6 Å². The van der Waals surface area contributed by atoms with Crippen molar-refractivity contribution >= 4 is 11.8 Å². The molecule has 0 aliphatic rings. The fourth-order valence-electron chi connectivity index (χ4n) is 1.44. The number of aromatic nitrogens is 3. The quantitative estimate of drug-likeness (QED) is 0.902. The predicted octanol–water partition coefficient (Wildman–Crippen LogP) is 2.38. The number of pyridine rings is 1. The van der Waals surface area contributed by atoms with Gasteiger partial charge in [0.2, 0.25) is 0 Å². The number of nitrogens with zero attached hydrogens (tertiary/aromatic N) is 3. The maximum atomic E-state index is 5.92. The summed E-state index contributed by atoms with van der Waals surface area (Å²) in [4.78, 5) is 9.71. The van der Waals surface area contributed by atoms with E-state index in [-0.39, 0.29) is 6.04 Å². The zero-order valence-corrected chi connectivity index (χ0v) is 10.8. The zero-order chi connectivity index (χ0) is 12.3. The van der Waals surface area contributed by atoms with E-state index in [4.69, 9.17) is 5.73 Å². The van der Waals surface area contributed by atoms with Crippen molar-refractivity contribution in [1.82, 2.24) is 14.5 Å². The van der Waals surface area contributed by atoms with E-state index in [9.17, 15) is 0 Å². The smallest absolute Gasteiger partial charge is 0.172 e. The average molecular weight is 248 g/mol. The van der Waals surface area contributed by atoms with Crippen molar-refractivity contribution in [1.29, 1.82) is 0 Å². The van der Waals surface area contributed by atoms with Crippen LogP contribution in [0.1, 0.15) is 25.1 Å². The van der Waals surface area contributed by atoms with Gasteiger partial charge in [-0.2, -0.15) is 0 Å². The SMILES string of the molecule is CC[C@@H](N)c1ccc(Sc2nccn2C)cn1. The third kappa shape index (κ3) is 2.87. The highest BCUT2D eigenvalue weighted by Gasteiger charge is 2.06. The van der Waals surface area contributed by atoms with Gasteiger partial charge in [-0.25, -0.2) is 4.98 Å². The van der Waals surface area contributed by atoms with E-state index >= 15 is 0 Å². The normalized spacial score (nSPS) is 12.6. The number of hydrogen-bond donors (Lipinski definition) is 1. The largest absolute Gasteiger partial charge is 0.329 e. The molecule has 4 nitrogen and oxygen atoms in total. The van der Waals surface area contributed by atoms with Crippen LogP contribution in [0.4, 0.5) is 0 Å². The number of aryl methyl sites for hydroxylation is 1. The highest BCUT2D eigenvalue weighted by molar-refractivity contribution is 7.99. The van der Waals surface area contributed by atoms with Crippen LogP contribution in [0, 0.1) is 0 Å². The number of imidazole rings is 1. The monoisotopic (exact) mass is 248 g/mol. The molecule has 90 valence electrons. The summed E-state index contributed by atoms with van der Waals surface area (Å²) in [6, 6.07) is 4.05. The van der Waals surface area contributed by atoms with E-state index in [2.05, 4.69) is 16.9 Å². The Labute approximate surface area is 105 Å². The molecule has 0 saturated carbocycles. The lowest BCUT2D eigenvalue weighted by Crippen LogP contribution is -2.10. The van der Waals surface area contributed by atoms with Crippen LogP contribution >= 0.6 is 11.8 Å². The Morgan fingerprint density at radius 3 is 2.76 bits per heavy atom. The van der Waals surface area contributed by atoms with Crippen LogP contribution < -0.4 is 5.73 Å². The summed E-state index contributed by atoms with van der Waals surface area (Å²) in [7, 11) is 1.98. The van der Waals surface area contributed by atoms with E-state index in [1.54, 1.807) is 18.0 Å². The highest BCUT2D eigenvalue weighted by atomic mass is 32.2. The van der Waals surface area contributed by atoms with E-state index < -0.39 is 0 Å². The Kier molecular flexibility index (Phi) is 3.81. The Hall–Kier alpha value is -1.33. The van der Waals surface area contributed by atoms with Gasteiger partial charge in [0.1, 0.15) is 0 Å². The van der Waals surface area contributed by atoms with Crippen molar-refractivity contribution in [3.05, 3.63) is 36.4 Å². The third-order valence-electron chi connectivity index (χ3n) is 2.57. The van der Waals surface area contributed by atoms with Crippen molar-refractivity contribution in [2.45, 2.75) is 29.4 Å². The van der Waals surface area contributed by atoms with Crippen LogP contribution in [0.3, 0.4) is 0 Å². The Balaban J connectivity index is 2.11. The van der Waals surface area contributed by atoms with Crippen LogP contribution in [0.15, 0.2) is 40.8 Å². The molecule has 2 aromatic heterocycles. The van der Waals surface area contributed by atoms with Gasteiger partial charge in [-0.05, 0) is 18.6 Å². The van der Waals surface area contributed by atoms with Crippen molar-refractivity contribution in [2.24, 2.45) is 12.8 Å². The fourth-order valence-corrected chi connectivity index (χ4v) is 2.21. The maximum absolute atomic E-state index is 5.92. The molecular weight excluding hydrogens is 232 g/mol.